The van der Waals surface area contributed by atoms with Crippen LogP contribution in [0.25, 0.3) is 0 Å². The van der Waals surface area contributed by atoms with E-state index in [1.807, 2.05) is 0 Å². The molecule has 0 N–H and O–H groups in total. The Kier molecular flexibility index (Phi) is 5.89. The minimum Gasteiger partial charge on any atom is -0.431 e. The zero-order chi connectivity index (χ0) is 18.6. The SMILES string of the molecule is CC(=O)C(c1ccc(OC(F)F)c(OC(F)F)c1)c1cnc(C)cn1. The zero-order valence-corrected chi connectivity index (χ0v) is 13.2. The van der Waals surface area contributed by atoms with Crippen molar-refractivity contribution in [1.82, 2.24) is 9.97 Å². The first-order chi connectivity index (χ1) is 11.8. The van der Waals surface area contributed by atoms with Crippen LogP contribution in [0.3, 0.4) is 0 Å². The maximum atomic E-state index is 12.5. The molecule has 5 nitrogen and oxygen atoms in total. The van der Waals surface area contributed by atoms with Gasteiger partial charge in [-0.2, -0.15) is 17.6 Å². The predicted octanol–water partition coefficient (Wildman–Crippen LogP) is 3.71. The van der Waals surface area contributed by atoms with Gasteiger partial charge in [0, 0.05) is 12.4 Å². The van der Waals surface area contributed by atoms with Crippen LogP contribution in [0, 0.1) is 6.92 Å². The summed E-state index contributed by atoms with van der Waals surface area (Å²) in [7, 11) is 0. The Morgan fingerprint density at radius 2 is 1.64 bits per heavy atom. The van der Waals surface area contributed by atoms with Crippen LogP contribution in [-0.4, -0.2) is 29.0 Å². The molecular weight excluding hydrogens is 344 g/mol. The maximum absolute atomic E-state index is 12.5. The Bertz CT molecular complexity index is 739. The molecule has 0 aliphatic heterocycles. The quantitative estimate of drug-likeness (QED) is 0.706. The average Bonchev–Trinajstić information content (AvgIpc) is 2.50. The molecule has 0 amide bonds. The summed E-state index contributed by atoms with van der Waals surface area (Å²) in [6.45, 7) is -3.45. The van der Waals surface area contributed by atoms with Gasteiger partial charge in [-0.05, 0) is 31.5 Å². The highest BCUT2D eigenvalue weighted by molar-refractivity contribution is 5.86. The smallest absolute Gasteiger partial charge is 0.387 e. The number of ether oxygens (including phenoxy) is 2. The number of aromatic nitrogens is 2. The first-order valence-electron chi connectivity index (χ1n) is 7.10. The van der Waals surface area contributed by atoms with Gasteiger partial charge in [-0.15, -0.1) is 0 Å². The Hall–Kier alpha value is -2.71. The second-order valence-corrected chi connectivity index (χ2v) is 5.09. The standard InChI is InChI=1S/C16H14F4N2O3/c1-8-6-22-11(7-21-8)14(9(2)23)10-3-4-12(24-15(17)18)13(5-10)25-16(19)20/h3-7,14-16H,1-2H3. The van der Waals surface area contributed by atoms with Gasteiger partial charge in [0.25, 0.3) is 0 Å². The summed E-state index contributed by atoms with van der Waals surface area (Å²) >= 11 is 0. The fraction of sp³-hybridized carbons (Fsp3) is 0.312. The highest BCUT2D eigenvalue weighted by atomic mass is 19.3. The molecule has 0 saturated carbocycles. The van der Waals surface area contributed by atoms with Gasteiger partial charge < -0.3 is 9.47 Å². The van der Waals surface area contributed by atoms with Crippen LogP contribution in [0.1, 0.15) is 29.8 Å². The maximum Gasteiger partial charge on any atom is 0.387 e. The van der Waals surface area contributed by atoms with E-state index in [-0.39, 0.29) is 11.3 Å². The number of hydrogen-bond acceptors (Lipinski definition) is 5. The summed E-state index contributed by atoms with van der Waals surface area (Å²) in [5.74, 6) is -2.40. The predicted molar refractivity (Wildman–Crippen MR) is 79.0 cm³/mol. The number of aryl methyl sites for hydroxylation is 1. The Morgan fingerprint density at radius 3 is 2.16 bits per heavy atom. The van der Waals surface area contributed by atoms with Gasteiger partial charge in [0.05, 0.1) is 17.3 Å². The summed E-state index contributed by atoms with van der Waals surface area (Å²) in [6.07, 6.45) is 2.84. The molecule has 0 aliphatic rings. The zero-order valence-electron chi connectivity index (χ0n) is 13.2. The van der Waals surface area contributed by atoms with Gasteiger partial charge in [-0.1, -0.05) is 6.07 Å². The number of ketones is 1. The number of rotatable bonds is 7. The second kappa shape index (κ2) is 7.91. The second-order valence-electron chi connectivity index (χ2n) is 5.09. The summed E-state index contributed by atoms with van der Waals surface area (Å²) in [6, 6.07) is 3.40. The molecule has 0 radical (unpaired) electrons. The molecule has 0 aliphatic carbocycles. The molecule has 2 rings (SSSR count). The third-order valence-electron chi connectivity index (χ3n) is 3.24. The Balaban J connectivity index is 2.47. The molecule has 1 atom stereocenters. The molecule has 0 spiro atoms. The van der Waals surface area contributed by atoms with Gasteiger partial charge in [0.15, 0.2) is 11.5 Å². The van der Waals surface area contributed by atoms with Crippen molar-refractivity contribution >= 4 is 5.78 Å². The number of Topliss-reactive ketones (excluding diaryl/α,β-unsaturated/α-hetero) is 1. The van der Waals surface area contributed by atoms with Crippen LogP contribution >= 0.6 is 0 Å². The van der Waals surface area contributed by atoms with Gasteiger partial charge in [-0.3, -0.25) is 14.8 Å². The van der Waals surface area contributed by atoms with E-state index >= 15 is 0 Å². The van der Waals surface area contributed by atoms with Crippen molar-refractivity contribution in [3.63, 3.8) is 0 Å². The molecule has 0 bridgehead atoms. The first-order valence-corrected chi connectivity index (χ1v) is 7.10. The molecule has 25 heavy (non-hydrogen) atoms. The number of carbonyl (C=O) groups excluding carboxylic acids is 1. The number of halogens is 4. The van der Waals surface area contributed by atoms with E-state index in [1.54, 1.807) is 6.92 Å². The Labute approximate surface area is 140 Å². The van der Waals surface area contributed by atoms with Crippen molar-refractivity contribution in [2.45, 2.75) is 33.0 Å². The van der Waals surface area contributed by atoms with Crippen LogP contribution in [0.5, 0.6) is 11.5 Å². The van der Waals surface area contributed by atoms with Crippen molar-refractivity contribution in [2.24, 2.45) is 0 Å². The van der Waals surface area contributed by atoms with Crippen LogP contribution in [0.15, 0.2) is 30.6 Å². The van der Waals surface area contributed by atoms with Crippen molar-refractivity contribution in [2.75, 3.05) is 0 Å². The molecule has 9 heteroatoms. The molecule has 134 valence electrons. The lowest BCUT2D eigenvalue weighted by Gasteiger charge is -2.17. The van der Waals surface area contributed by atoms with E-state index in [1.165, 1.54) is 25.4 Å². The molecular formula is C16H14F4N2O3. The van der Waals surface area contributed by atoms with Crippen molar-refractivity contribution in [1.29, 1.82) is 0 Å². The van der Waals surface area contributed by atoms with Gasteiger partial charge in [0.2, 0.25) is 0 Å². The van der Waals surface area contributed by atoms with E-state index in [9.17, 15) is 22.4 Å². The normalized spacial score (nSPS) is 12.3. The number of nitrogens with zero attached hydrogens (tertiary/aromatic N) is 2. The van der Waals surface area contributed by atoms with Crippen molar-refractivity contribution in [3.8, 4) is 11.5 Å². The molecule has 2 aromatic rings. The van der Waals surface area contributed by atoms with Crippen LogP contribution in [0.4, 0.5) is 17.6 Å². The summed E-state index contributed by atoms with van der Waals surface area (Å²) in [4.78, 5) is 20.2. The summed E-state index contributed by atoms with van der Waals surface area (Å²) < 4.78 is 58.3. The minimum atomic E-state index is -3.25. The summed E-state index contributed by atoms with van der Waals surface area (Å²) in [5, 5.41) is 0. The molecule has 1 aromatic carbocycles. The molecule has 0 saturated heterocycles. The molecule has 1 unspecified atom stereocenters. The molecule has 1 heterocycles. The van der Waals surface area contributed by atoms with Crippen molar-refractivity contribution in [3.05, 3.63) is 47.5 Å². The largest absolute Gasteiger partial charge is 0.431 e. The third-order valence-corrected chi connectivity index (χ3v) is 3.24. The number of alkyl halides is 4. The first kappa shape index (κ1) is 18.6. The van der Waals surface area contributed by atoms with E-state index in [4.69, 9.17) is 0 Å². The fourth-order valence-electron chi connectivity index (χ4n) is 2.25. The lowest BCUT2D eigenvalue weighted by molar-refractivity contribution is -0.117. The lowest BCUT2D eigenvalue weighted by Crippen LogP contribution is -2.14. The van der Waals surface area contributed by atoms with Gasteiger partial charge in [0.1, 0.15) is 5.78 Å². The van der Waals surface area contributed by atoms with E-state index < -0.39 is 30.6 Å². The molecule has 1 aromatic heterocycles. The molecule has 0 fully saturated rings. The highest BCUT2D eigenvalue weighted by Gasteiger charge is 2.24. The van der Waals surface area contributed by atoms with Gasteiger partial charge >= 0.3 is 13.2 Å². The van der Waals surface area contributed by atoms with Crippen LogP contribution in [-0.2, 0) is 4.79 Å². The Morgan fingerprint density at radius 1 is 1.00 bits per heavy atom. The minimum absolute atomic E-state index is 0.239. The fourth-order valence-corrected chi connectivity index (χ4v) is 2.25. The van der Waals surface area contributed by atoms with Crippen molar-refractivity contribution < 1.29 is 31.8 Å². The lowest BCUT2D eigenvalue weighted by atomic mass is 9.92. The monoisotopic (exact) mass is 358 g/mol. The number of hydrogen-bond donors (Lipinski definition) is 0. The van der Waals surface area contributed by atoms with Crippen LogP contribution in [0.2, 0.25) is 0 Å². The van der Waals surface area contributed by atoms with E-state index in [0.717, 1.165) is 12.1 Å². The number of carbonyl (C=O) groups is 1. The third kappa shape index (κ3) is 4.88. The highest BCUT2D eigenvalue weighted by Crippen LogP contribution is 2.35. The van der Waals surface area contributed by atoms with E-state index in [2.05, 4.69) is 19.4 Å². The van der Waals surface area contributed by atoms with Crippen LogP contribution < -0.4 is 9.47 Å². The summed E-state index contributed by atoms with van der Waals surface area (Å²) in [5.41, 5.74) is 1.17. The van der Waals surface area contributed by atoms with Gasteiger partial charge in [-0.25, -0.2) is 0 Å². The average molecular weight is 358 g/mol. The van der Waals surface area contributed by atoms with E-state index in [0.29, 0.717) is 11.4 Å². The topological polar surface area (TPSA) is 61.3 Å². The number of benzene rings is 1.